The molecule has 2 aromatic carbocycles. The van der Waals surface area contributed by atoms with E-state index in [1.807, 2.05) is 0 Å². The minimum atomic E-state index is 0.459. The number of anilines is 1. The van der Waals surface area contributed by atoms with Gasteiger partial charge in [-0.3, -0.25) is 0 Å². The molecule has 0 heterocycles. The van der Waals surface area contributed by atoms with Crippen LogP contribution >= 0.6 is 12.2 Å². The van der Waals surface area contributed by atoms with E-state index in [9.17, 15) is 0 Å². The van der Waals surface area contributed by atoms with Crippen molar-refractivity contribution < 1.29 is 0 Å². The summed E-state index contributed by atoms with van der Waals surface area (Å²) < 4.78 is 0. The zero-order chi connectivity index (χ0) is 15.8. The Morgan fingerprint density at radius 1 is 1.09 bits per heavy atom. The lowest BCUT2D eigenvalue weighted by Gasteiger charge is -2.29. The number of nitrogens with one attached hydrogen (secondary N) is 2. The van der Waals surface area contributed by atoms with Crippen LogP contribution in [-0.2, 0) is 0 Å². The van der Waals surface area contributed by atoms with E-state index in [-0.39, 0.29) is 0 Å². The molecule has 3 heteroatoms. The van der Waals surface area contributed by atoms with Crippen LogP contribution in [0.3, 0.4) is 0 Å². The van der Waals surface area contributed by atoms with Crippen LogP contribution < -0.4 is 10.6 Å². The molecule has 0 spiro atoms. The molecule has 0 aliphatic heterocycles. The van der Waals surface area contributed by atoms with E-state index in [1.165, 1.54) is 36.5 Å². The normalized spacial score (nSPS) is 27.1. The van der Waals surface area contributed by atoms with E-state index < -0.39 is 0 Å². The van der Waals surface area contributed by atoms with Crippen LogP contribution in [0.1, 0.15) is 32.6 Å². The average Bonchev–Trinajstić information content (AvgIpc) is 3.18. The summed E-state index contributed by atoms with van der Waals surface area (Å²) in [5, 5.41) is 10.1. The Bertz CT molecular complexity index is 721. The van der Waals surface area contributed by atoms with Gasteiger partial charge in [-0.05, 0) is 67.6 Å². The van der Waals surface area contributed by atoms with Crippen LogP contribution in [-0.4, -0.2) is 11.2 Å². The summed E-state index contributed by atoms with van der Waals surface area (Å²) in [6, 6.07) is 15.2. The molecule has 0 amide bonds. The number of benzene rings is 2. The van der Waals surface area contributed by atoms with Gasteiger partial charge in [-0.1, -0.05) is 42.8 Å². The molecule has 2 aromatic rings. The fourth-order valence-electron chi connectivity index (χ4n) is 4.71. The summed E-state index contributed by atoms with van der Waals surface area (Å²) in [5.74, 6) is 2.69. The summed E-state index contributed by atoms with van der Waals surface area (Å²) >= 11 is 5.57. The van der Waals surface area contributed by atoms with Gasteiger partial charge in [0.15, 0.2) is 5.11 Å². The number of rotatable bonds is 3. The Hall–Kier alpha value is -1.61. The van der Waals surface area contributed by atoms with E-state index in [4.69, 9.17) is 12.2 Å². The van der Waals surface area contributed by atoms with Crippen molar-refractivity contribution in [3.8, 4) is 0 Å². The van der Waals surface area contributed by atoms with Crippen molar-refractivity contribution >= 4 is 33.8 Å². The molecule has 2 aliphatic carbocycles. The van der Waals surface area contributed by atoms with Gasteiger partial charge in [0.25, 0.3) is 0 Å². The monoisotopic (exact) mass is 324 g/mol. The second kappa shape index (κ2) is 6.12. The maximum Gasteiger partial charge on any atom is 0.171 e. The lowest BCUT2D eigenvalue weighted by Crippen LogP contribution is -2.42. The highest BCUT2D eigenvalue weighted by Gasteiger charge is 2.41. The first-order valence-electron chi connectivity index (χ1n) is 8.76. The summed E-state index contributed by atoms with van der Waals surface area (Å²) in [6.45, 7) is 2.29. The van der Waals surface area contributed by atoms with Crippen LogP contribution in [0, 0.1) is 17.8 Å². The van der Waals surface area contributed by atoms with Gasteiger partial charge >= 0.3 is 0 Å². The number of thiocarbonyl (C=S) groups is 1. The highest BCUT2D eigenvalue weighted by molar-refractivity contribution is 7.80. The third-order valence-corrected chi connectivity index (χ3v) is 6.05. The van der Waals surface area contributed by atoms with Gasteiger partial charge in [0.1, 0.15) is 0 Å². The minimum Gasteiger partial charge on any atom is -0.360 e. The fraction of sp³-hybridized carbons (Fsp3) is 0.450. The van der Waals surface area contributed by atoms with Crippen LogP contribution in [0.5, 0.6) is 0 Å². The van der Waals surface area contributed by atoms with Crippen molar-refractivity contribution in [2.45, 2.75) is 38.6 Å². The second-order valence-corrected chi connectivity index (χ2v) is 7.66. The van der Waals surface area contributed by atoms with Crippen molar-refractivity contribution in [3.63, 3.8) is 0 Å². The minimum absolute atomic E-state index is 0.459. The summed E-state index contributed by atoms with van der Waals surface area (Å²) in [4.78, 5) is 0. The molecule has 2 aliphatic rings. The van der Waals surface area contributed by atoms with E-state index >= 15 is 0 Å². The first-order chi connectivity index (χ1) is 11.2. The van der Waals surface area contributed by atoms with Gasteiger partial charge in [-0.2, -0.15) is 0 Å². The third-order valence-electron chi connectivity index (χ3n) is 5.83. The molecule has 120 valence electrons. The quantitative estimate of drug-likeness (QED) is 0.781. The molecule has 2 N–H and O–H groups in total. The Morgan fingerprint density at radius 2 is 1.91 bits per heavy atom. The molecule has 0 radical (unpaired) electrons. The number of hydrogen-bond donors (Lipinski definition) is 2. The third kappa shape index (κ3) is 2.94. The van der Waals surface area contributed by atoms with Crippen LogP contribution in [0.4, 0.5) is 5.69 Å². The molecule has 4 unspecified atom stereocenters. The predicted octanol–water partition coefficient (Wildman–Crippen LogP) is 4.95. The van der Waals surface area contributed by atoms with Crippen LogP contribution in [0.15, 0.2) is 42.5 Å². The van der Waals surface area contributed by atoms with E-state index in [1.54, 1.807) is 0 Å². The largest absolute Gasteiger partial charge is 0.360 e. The van der Waals surface area contributed by atoms with Crippen molar-refractivity contribution in [1.82, 2.24) is 5.32 Å². The van der Waals surface area contributed by atoms with Gasteiger partial charge < -0.3 is 10.6 Å². The molecule has 2 saturated carbocycles. The average molecular weight is 324 g/mol. The van der Waals surface area contributed by atoms with Gasteiger partial charge in [0.2, 0.25) is 0 Å². The first kappa shape index (κ1) is 14.9. The molecule has 23 heavy (non-hydrogen) atoms. The zero-order valence-corrected chi connectivity index (χ0v) is 14.4. The van der Waals surface area contributed by atoms with Crippen molar-refractivity contribution in [2.75, 3.05) is 5.32 Å². The van der Waals surface area contributed by atoms with Gasteiger partial charge in [-0.25, -0.2) is 0 Å². The maximum absolute atomic E-state index is 5.57. The van der Waals surface area contributed by atoms with Crippen molar-refractivity contribution in [2.24, 2.45) is 17.8 Å². The molecular formula is C20H24N2S. The molecule has 2 nitrogen and oxygen atoms in total. The van der Waals surface area contributed by atoms with Crippen molar-refractivity contribution in [3.05, 3.63) is 42.5 Å². The van der Waals surface area contributed by atoms with Crippen molar-refractivity contribution in [1.29, 1.82) is 0 Å². The Kier molecular flexibility index (Phi) is 3.98. The fourth-order valence-corrected chi connectivity index (χ4v) is 5.01. The topological polar surface area (TPSA) is 24.1 Å². The first-order valence-corrected chi connectivity index (χ1v) is 9.17. The Labute approximate surface area is 143 Å². The van der Waals surface area contributed by atoms with E-state index in [0.29, 0.717) is 6.04 Å². The number of hydrogen-bond acceptors (Lipinski definition) is 1. The van der Waals surface area contributed by atoms with E-state index in [0.717, 1.165) is 28.6 Å². The van der Waals surface area contributed by atoms with Crippen LogP contribution in [0.2, 0.25) is 0 Å². The lowest BCUT2D eigenvalue weighted by molar-refractivity contribution is 0.279. The molecule has 4 rings (SSSR count). The SMILES string of the molecule is CC(NC(=S)Nc1cccc2ccccc12)C1CC2CCC1C2. The summed E-state index contributed by atoms with van der Waals surface area (Å²) in [5.41, 5.74) is 1.08. The zero-order valence-electron chi connectivity index (χ0n) is 13.6. The molecule has 2 bridgehead atoms. The molecular weight excluding hydrogens is 300 g/mol. The highest BCUT2D eigenvalue weighted by atomic mass is 32.1. The Balaban J connectivity index is 1.43. The standard InChI is InChI=1S/C20H24N2S/c1-13(18-12-14-9-10-16(18)11-14)21-20(23)22-19-8-4-6-15-5-2-3-7-17(15)19/h2-8,13-14,16,18H,9-12H2,1H3,(H2,21,22,23). The smallest absolute Gasteiger partial charge is 0.171 e. The lowest BCUT2D eigenvalue weighted by atomic mass is 9.84. The molecule has 0 saturated heterocycles. The highest BCUT2D eigenvalue weighted by Crippen LogP contribution is 2.49. The maximum atomic E-state index is 5.57. The molecule has 0 aromatic heterocycles. The predicted molar refractivity (Wildman–Crippen MR) is 102 cm³/mol. The second-order valence-electron chi connectivity index (χ2n) is 7.25. The van der Waals surface area contributed by atoms with Gasteiger partial charge in [0, 0.05) is 17.1 Å². The van der Waals surface area contributed by atoms with E-state index in [2.05, 4.69) is 60.0 Å². The number of fused-ring (bicyclic) bond motifs is 3. The Morgan fingerprint density at radius 3 is 2.70 bits per heavy atom. The summed E-state index contributed by atoms with van der Waals surface area (Å²) in [7, 11) is 0. The van der Waals surface area contributed by atoms with Gasteiger partial charge in [-0.15, -0.1) is 0 Å². The molecule has 2 fully saturated rings. The summed E-state index contributed by atoms with van der Waals surface area (Å²) in [6.07, 6.45) is 5.70. The van der Waals surface area contributed by atoms with Gasteiger partial charge in [0.05, 0.1) is 0 Å². The van der Waals surface area contributed by atoms with Crippen LogP contribution in [0.25, 0.3) is 10.8 Å². The molecule has 4 atom stereocenters.